The van der Waals surface area contributed by atoms with Crippen LogP contribution in [0.25, 0.3) is 0 Å². The van der Waals surface area contributed by atoms with Crippen LogP contribution in [0.15, 0.2) is 18.2 Å². The lowest BCUT2D eigenvalue weighted by Crippen LogP contribution is -2.57. The lowest BCUT2D eigenvalue weighted by molar-refractivity contribution is -0.130. The van der Waals surface area contributed by atoms with Crippen molar-refractivity contribution in [1.29, 1.82) is 0 Å². The number of carbonyl (C=O) groups excluding carboxylic acids is 1. The van der Waals surface area contributed by atoms with Gasteiger partial charge in [-0.2, -0.15) is 0 Å². The molecular formula is C17H24N2O3. The summed E-state index contributed by atoms with van der Waals surface area (Å²) >= 11 is 0. The summed E-state index contributed by atoms with van der Waals surface area (Å²) in [5.74, 6) is 0.815. The SMILES string of the molecule is COc1ccc2c(c1)CCCC2NC(=O)C1(N)CCOCC1. The highest BCUT2D eigenvalue weighted by atomic mass is 16.5. The Balaban J connectivity index is 1.75. The van der Waals surface area contributed by atoms with Crippen LogP contribution in [0.3, 0.4) is 0 Å². The maximum Gasteiger partial charge on any atom is 0.240 e. The molecule has 0 bridgehead atoms. The van der Waals surface area contributed by atoms with E-state index in [1.807, 2.05) is 6.07 Å². The molecule has 3 N–H and O–H groups in total. The summed E-state index contributed by atoms with van der Waals surface area (Å²) in [5, 5.41) is 3.16. The van der Waals surface area contributed by atoms with Gasteiger partial charge in [0.15, 0.2) is 0 Å². The summed E-state index contributed by atoms with van der Waals surface area (Å²) in [6, 6.07) is 6.13. The number of nitrogens with one attached hydrogen (secondary N) is 1. The van der Waals surface area contributed by atoms with Crippen LogP contribution in [0.4, 0.5) is 0 Å². The monoisotopic (exact) mass is 304 g/mol. The van der Waals surface area contributed by atoms with E-state index in [1.54, 1.807) is 7.11 Å². The van der Waals surface area contributed by atoms with Gasteiger partial charge in [-0.15, -0.1) is 0 Å². The summed E-state index contributed by atoms with van der Waals surface area (Å²) in [6.45, 7) is 1.12. The number of methoxy groups -OCH3 is 1. The van der Waals surface area contributed by atoms with Gasteiger partial charge in [0.05, 0.1) is 18.7 Å². The van der Waals surface area contributed by atoms with E-state index in [0.717, 1.165) is 25.0 Å². The molecule has 1 aliphatic carbocycles. The van der Waals surface area contributed by atoms with Crippen molar-refractivity contribution in [2.24, 2.45) is 5.73 Å². The first-order valence-corrected chi connectivity index (χ1v) is 7.97. The average Bonchev–Trinajstić information content (AvgIpc) is 2.55. The Morgan fingerprint density at radius 1 is 1.41 bits per heavy atom. The van der Waals surface area contributed by atoms with Gasteiger partial charge >= 0.3 is 0 Å². The van der Waals surface area contributed by atoms with Gasteiger partial charge in [0.1, 0.15) is 5.75 Å². The molecule has 3 rings (SSSR count). The zero-order valence-corrected chi connectivity index (χ0v) is 13.1. The fourth-order valence-corrected chi connectivity index (χ4v) is 3.33. The average molecular weight is 304 g/mol. The van der Waals surface area contributed by atoms with Crippen molar-refractivity contribution in [1.82, 2.24) is 5.32 Å². The zero-order valence-electron chi connectivity index (χ0n) is 13.1. The minimum absolute atomic E-state index is 0.0467. The second kappa shape index (κ2) is 6.26. The van der Waals surface area contributed by atoms with E-state index in [1.165, 1.54) is 11.1 Å². The quantitative estimate of drug-likeness (QED) is 0.891. The first kappa shape index (κ1) is 15.3. The summed E-state index contributed by atoms with van der Waals surface area (Å²) < 4.78 is 10.6. The first-order chi connectivity index (χ1) is 10.6. The fraction of sp³-hybridized carbons (Fsp3) is 0.588. The molecule has 0 radical (unpaired) electrons. The lowest BCUT2D eigenvalue weighted by atomic mass is 9.85. The normalized spacial score (nSPS) is 23.5. The number of hydrogen-bond acceptors (Lipinski definition) is 4. The number of hydrogen-bond donors (Lipinski definition) is 2. The molecule has 0 spiro atoms. The summed E-state index contributed by atoms with van der Waals surface area (Å²) in [6.07, 6.45) is 4.21. The van der Waals surface area contributed by atoms with Crippen LogP contribution in [-0.2, 0) is 16.0 Å². The van der Waals surface area contributed by atoms with Gasteiger partial charge in [-0.1, -0.05) is 6.07 Å². The van der Waals surface area contributed by atoms with Crippen molar-refractivity contribution in [2.45, 2.75) is 43.7 Å². The van der Waals surface area contributed by atoms with E-state index >= 15 is 0 Å². The minimum Gasteiger partial charge on any atom is -0.497 e. The van der Waals surface area contributed by atoms with Crippen molar-refractivity contribution >= 4 is 5.91 Å². The Morgan fingerprint density at radius 2 is 2.18 bits per heavy atom. The number of carbonyl (C=O) groups is 1. The van der Waals surface area contributed by atoms with Crippen molar-refractivity contribution in [3.05, 3.63) is 29.3 Å². The van der Waals surface area contributed by atoms with Gasteiger partial charge in [0.2, 0.25) is 5.91 Å². The fourth-order valence-electron chi connectivity index (χ4n) is 3.33. The predicted molar refractivity (Wildman–Crippen MR) is 83.8 cm³/mol. The van der Waals surface area contributed by atoms with Crippen LogP contribution in [0, 0.1) is 0 Å². The molecule has 1 unspecified atom stereocenters. The molecule has 5 heteroatoms. The number of fused-ring (bicyclic) bond motifs is 1. The molecule has 120 valence electrons. The highest BCUT2D eigenvalue weighted by molar-refractivity contribution is 5.86. The van der Waals surface area contributed by atoms with Gasteiger partial charge in [0.25, 0.3) is 0 Å². The van der Waals surface area contributed by atoms with Crippen LogP contribution in [0.2, 0.25) is 0 Å². The number of benzene rings is 1. The molecule has 1 atom stereocenters. The van der Waals surface area contributed by atoms with Gasteiger partial charge in [-0.3, -0.25) is 4.79 Å². The second-order valence-corrected chi connectivity index (χ2v) is 6.25. The van der Waals surface area contributed by atoms with Crippen molar-refractivity contribution in [2.75, 3.05) is 20.3 Å². The number of ether oxygens (including phenoxy) is 2. The molecule has 0 saturated carbocycles. The Hall–Kier alpha value is -1.59. The van der Waals surface area contributed by atoms with Crippen LogP contribution in [0.5, 0.6) is 5.75 Å². The second-order valence-electron chi connectivity index (χ2n) is 6.25. The predicted octanol–water partition coefficient (Wildman–Crippen LogP) is 1.70. The molecule has 1 heterocycles. The Bertz CT molecular complexity index is 553. The molecule has 1 fully saturated rings. The smallest absolute Gasteiger partial charge is 0.240 e. The molecular weight excluding hydrogens is 280 g/mol. The molecule has 1 amide bonds. The van der Waals surface area contributed by atoms with E-state index in [4.69, 9.17) is 15.2 Å². The maximum atomic E-state index is 12.6. The van der Waals surface area contributed by atoms with Crippen molar-refractivity contribution < 1.29 is 14.3 Å². The Labute approximate surface area is 131 Å². The van der Waals surface area contributed by atoms with Crippen LogP contribution in [-0.4, -0.2) is 31.8 Å². The third kappa shape index (κ3) is 2.96. The van der Waals surface area contributed by atoms with E-state index in [-0.39, 0.29) is 11.9 Å². The molecule has 22 heavy (non-hydrogen) atoms. The Kier molecular flexibility index (Phi) is 4.36. The molecule has 1 aliphatic heterocycles. The van der Waals surface area contributed by atoms with E-state index in [2.05, 4.69) is 17.4 Å². The van der Waals surface area contributed by atoms with E-state index in [9.17, 15) is 4.79 Å². The Morgan fingerprint density at radius 3 is 2.91 bits per heavy atom. The summed E-state index contributed by atoms with van der Waals surface area (Å²) in [5.41, 5.74) is 7.93. The molecule has 2 aliphatic rings. The van der Waals surface area contributed by atoms with Crippen LogP contribution < -0.4 is 15.8 Å². The number of nitrogens with two attached hydrogens (primary N) is 1. The minimum atomic E-state index is -0.789. The number of amides is 1. The molecule has 1 saturated heterocycles. The van der Waals surface area contributed by atoms with Crippen molar-refractivity contribution in [3.8, 4) is 5.75 Å². The molecule has 5 nitrogen and oxygen atoms in total. The standard InChI is InChI=1S/C17H24N2O3/c1-21-13-5-6-14-12(11-13)3-2-4-15(14)19-16(20)17(18)7-9-22-10-8-17/h5-6,11,15H,2-4,7-10,18H2,1H3,(H,19,20). The van der Waals surface area contributed by atoms with Crippen LogP contribution in [0.1, 0.15) is 42.9 Å². The topological polar surface area (TPSA) is 73.6 Å². The molecule has 0 aromatic heterocycles. The van der Waals surface area contributed by atoms with Gasteiger partial charge < -0.3 is 20.5 Å². The van der Waals surface area contributed by atoms with E-state index < -0.39 is 5.54 Å². The lowest BCUT2D eigenvalue weighted by Gasteiger charge is -2.35. The number of rotatable bonds is 3. The largest absolute Gasteiger partial charge is 0.497 e. The van der Waals surface area contributed by atoms with Crippen LogP contribution >= 0.6 is 0 Å². The maximum absolute atomic E-state index is 12.6. The number of aryl methyl sites for hydroxylation is 1. The highest BCUT2D eigenvalue weighted by Gasteiger charge is 2.37. The van der Waals surface area contributed by atoms with Gasteiger partial charge in [-0.05, 0) is 55.4 Å². The van der Waals surface area contributed by atoms with Gasteiger partial charge in [-0.25, -0.2) is 0 Å². The molecule has 1 aromatic carbocycles. The summed E-state index contributed by atoms with van der Waals surface area (Å²) in [4.78, 5) is 12.6. The van der Waals surface area contributed by atoms with E-state index in [0.29, 0.717) is 26.1 Å². The van der Waals surface area contributed by atoms with Crippen molar-refractivity contribution in [3.63, 3.8) is 0 Å². The highest BCUT2D eigenvalue weighted by Crippen LogP contribution is 2.33. The summed E-state index contributed by atoms with van der Waals surface area (Å²) in [7, 11) is 1.67. The third-order valence-electron chi connectivity index (χ3n) is 4.81. The third-order valence-corrected chi connectivity index (χ3v) is 4.81. The zero-order chi connectivity index (χ0) is 15.6. The molecule has 1 aromatic rings. The first-order valence-electron chi connectivity index (χ1n) is 7.97. The van der Waals surface area contributed by atoms with Gasteiger partial charge in [0, 0.05) is 13.2 Å².